The van der Waals surface area contributed by atoms with Crippen molar-refractivity contribution in [1.82, 2.24) is 19.9 Å². The van der Waals surface area contributed by atoms with Gasteiger partial charge in [-0.3, -0.25) is 14.6 Å². The van der Waals surface area contributed by atoms with E-state index < -0.39 is 0 Å². The third-order valence-corrected chi connectivity index (χ3v) is 5.79. The topological polar surface area (TPSA) is 97.3 Å². The number of amides is 2. The molecule has 1 N–H and O–H groups in total. The summed E-state index contributed by atoms with van der Waals surface area (Å²) in [5.41, 5.74) is 2.47. The third-order valence-electron chi connectivity index (χ3n) is 5.79. The number of rotatable bonds is 6. The third kappa shape index (κ3) is 5.52. The second-order valence-corrected chi connectivity index (χ2v) is 8.09. The molecule has 3 aromatic rings. The first-order chi connectivity index (χ1) is 16.0. The van der Waals surface area contributed by atoms with E-state index in [9.17, 15) is 9.59 Å². The fourth-order valence-corrected chi connectivity index (χ4v) is 3.96. The molecule has 33 heavy (non-hydrogen) atoms. The highest BCUT2D eigenvalue weighted by molar-refractivity contribution is 6.04. The summed E-state index contributed by atoms with van der Waals surface area (Å²) in [6, 6.07) is 12.7. The number of aromatic nitrogens is 3. The van der Waals surface area contributed by atoms with Crippen LogP contribution in [-0.2, 0) is 11.2 Å². The minimum absolute atomic E-state index is 0.0452. The summed E-state index contributed by atoms with van der Waals surface area (Å²) in [6.07, 6.45) is 5.36. The number of likely N-dealkylation sites (tertiary alicyclic amines) is 1. The van der Waals surface area contributed by atoms with E-state index in [0.717, 1.165) is 30.8 Å². The minimum Gasteiger partial charge on any atom is -0.497 e. The van der Waals surface area contributed by atoms with Crippen molar-refractivity contribution in [2.45, 2.75) is 32.1 Å². The molecule has 0 bridgehead atoms. The van der Waals surface area contributed by atoms with Gasteiger partial charge in [0.25, 0.3) is 5.91 Å². The summed E-state index contributed by atoms with van der Waals surface area (Å²) in [5, 5.41) is 2.86. The van der Waals surface area contributed by atoms with Crippen molar-refractivity contribution in [2.75, 3.05) is 25.5 Å². The van der Waals surface area contributed by atoms with Crippen LogP contribution in [0.25, 0.3) is 0 Å². The minimum atomic E-state index is -0.264. The number of hydrogen-bond acceptors (Lipinski definition) is 6. The molecular weight excluding hydrogens is 418 g/mol. The first-order valence-electron chi connectivity index (χ1n) is 11.0. The van der Waals surface area contributed by atoms with Gasteiger partial charge in [-0.25, -0.2) is 9.97 Å². The maximum atomic E-state index is 12.8. The smallest absolute Gasteiger partial charge is 0.259 e. The molecule has 0 aliphatic carbocycles. The Morgan fingerprint density at radius 2 is 1.97 bits per heavy atom. The number of ether oxygens (including phenoxy) is 1. The van der Waals surface area contributed by atoms with Gasteiger partial charge in [-0.1, -0.05) is 6.07 Å². The summed E-state index contributed by atoms with van der Waals surface area (Å²) < 4.78 is 5.14. The Balaban J connectivity index is 1.41. The molecule has 3 heterocycles. The van der Waals surface area contributed by atoms with Gasteiger partial charge in [-0.2, -0.15) is 0 Å². The van der Waals surface area contributed by atoms with Gasteiger partial charge >= 0.3 is 0 Å². The zero-order valence-corrected chi connectivity index (χ0v) is 18.8. The standard InChI is InChI=1S/C25H27N5O3/c1-17-22(25(32)29-19-8-10-21(33-2)11-9-19)15-27-24(28-17)18-6-5-13-30(16-18)23(31)14-20-7-3-4-12-26-20/h3-4,7-12,15,18H,5-6,13-14,16H2,1-2H3,(H,29,32)/t18-/m1/s1. The number of nitrogens with one attached hydrogen (secondary N) is 1. The molecule has 1 aliphatic heterocycles. The molecule has 0 spiro atoms. The normalized spacial score (nSPS) is 15.7. The highest BCUT2D eigenvalue weighted by Gasteiger charge is 2.27. The summed E-state index contributed by atoms with van der Waals surface area (Å²) in [6.45, 7) is 3.10. The lowest BCUT2D eigenvalue weighted by atomic mass is 9.96. The van der Waals surface area contributed by atoms with Gasteiger partial charge in [0.2, 0.25) is 5.91 Å². The van der Waals surface area contributed by atoms with Crippen LogP contribution in [0.1, 0.15) is 46.3 Å². The maximum Gasteiger partial charge on any atom is 0.259 e. The Hall–Kier alpha value is -3.81. The number of carbonyl (C=O) groups is 2. The lowest BCUT2D eigenvalue weighted by Crippen LogP contribution is -2.40. The first-order valence-corrected chi connectivity index (χ1v) is 11.0. The molecule has 4 rings (SSSR count). The molecule has 1 saturated heterocycles. The molecule has 0 saturated carbocycles. The Morgan fingerprint density at radius 3 is 2.67 bits per heavy atom. The summed E-state index contributed by atoms with van der Waals surface area (Å²) in [5.74, 6) is 1.23. The zero-order valence-electron chi connectivity index (χ0n) is 18.8. The lowest BCUT2D eigenvalue weighted by molar-refractivity contribution is -0.131. The van der Waals surface area contributed by atoms with Crippen LogP contribution < -0.4 is 10.1 Å². The fraction of sp³-hybridized carbons (Fsp3) is 0.320. The number of aryl methyl sites for hydroxylation is 1. The maximum absolute atomic E-state index is 12.8. The van der Waals surface area contributed by atoms with Crippen LogP contribution in [0.15, 0.2) is 54.9 Å². The Bertz CT molecular complexity index is 1120. The monoisotopic (exact) mass is 445 g/mol. The molecule has 0 radical (unpaired) electrons. The molecule has 8 nitrogen and oxygen atoms in total. The Morgan fingerprint density at radius 1 is 1.15 bits per heavy atom. The number of anilines is 1. The molecule has 1 aromatic carbocycles. The predicted octanol–water partition coefficient (Wildman–Crippen LogP) is 3.39. The molecule has 2 aromatic heterocycles. The molecule has 1 atom stereocenters. The van der Waals surface area contributed by atoms with Gasteiger partial charge in [-0.05, 0) is 56.2 Å². The van der Waals surface area contributed by atoms with Gasteiger partial charge in [0.15, 0.2) is 0 Å². The molecule has 8 heteroatoms. The van der Waals surface area contributed by atoms with Gasteiger partial charge in [0, 0.05) is 42.8 Å². The first kappa shape index (κ1) is 22.4. The van der Waals surface area contributed by atoms with E-state index in [-0.39, 0.29) is 24.2 Å². The number of pyridine rings is 1. The molecule has 0 unspecified atom stereocenters. The van der Waals surface area contributed by atoms with E-state index in [2.05, 4.69) is 20.3 Å². The van der Waals surface area contributed by atoms with Gasteiger partial charge in [0.05, 0.1) is 24.8 Å². The molecule has 2 amide bonds. The Labute approximate surface area is 193 Å². The van der Waals surface area contributed by atoms with Crippen molar-refractivity contribution in [2.24, 2.45) is 0 Å². The zero-order chi connectivity index (χ0) is 23.2. The van der Waals surface area contributed by atoms with Crippen LogP contribution in [-0.4, -0.2) is 51.9 Å². The fourth-order valence-electron chi connectivity index (χ4n) is 3.96. The Kier molecular flexibility index (Phi) is 6.92. The SMILES string of the molecule is COc1ccc(NC(=O)c2cnc([C@@H]3CCCN(C(=O)Cc4ccccn4)C3)nc2C)cc1. The molecule has 170 valence electrons. The highest BCUT2D eigenvalue weighted by Crippen LogP contribution is 2.25. The van der Waals surface area contributed by atoms with Crippen LogP contribution in [0.2, 0.25) is 0 Å². The second-order valence-electron chi connectivity index (χ2n) is 8.09. The van der Waals surface area contributed by atoms with Crippen molar-refractivity contribution in [3.63, 3.8) is 0 Å². The number of nitrogens with zero attached hydrogens (tertiary/aromatic N) is 4. The van der Waals surface area contributed by atoms with E-state index in [4.69, 9.17) is 4.74 Å². The number of benzene rings is 1. The average molecular weight is 446 g/mol. The number of methoxy groups -OCH3 is 1. The summed E-state index contributed by atoms with van der Waals surface area (Å²) in [7, 11) is 1.60. The average Bonchev–Trinajstić information content (AvgIpc) is 2.85. The van der Waals surface area contributed by atoms with Crippen LogP contribution in [0.5, 0.6) is 5.75 Å². The van der Waals surface area contributed by atoms with E-state index in [1.807, 2.05) is 23.1 Å². The summed E-state index contributed by atoms with van der Waals surface area (Å²) in [4.78, 5) is 40.7. The van der Waals surface area contributed by atoms with E-state index in [1.54, 1.807) is 50.7 Å². The van der Waals surface area contributed by atoms with Crippen LogP contribution >= 0.6 is 0 Å². The number of hydrogen-bond donors (Lipinski definition) is 1. The highest BCUT2D eigenvalue weighted by atomic mass is 16.5. The van der Waals surface area contributed by atoms with E-state index in [1.165, 1.54) is 0 Å². The van der Waals surface area contributed by atoms with Crippen molar-refractivity contribution < 1.29 is 14.3 Å². The number of carbonyl (C=O) groups excluding carboxylic acids is 2. The van der Waals surface area contributed by atoms with Crippen LogP contribution in [0.4, 0.5) is 5.69 Å². The second kappa shape index (κ2) is 10.2. The van der Waals surface area contributed by atoms with Gasteiger partial charge in [0.1, 0.15) is 11.6 Å². The molecule has 1 aliphatic rings. The largest absolute Gasteiger partial charge is 0.497 e. The van der Waals surface area contributed by atoms with Crippen LogP contribution in [0.3, 0.4) is 0 Å². The van der Waals surface area contributed by atoms with E-state index in [0.29, 0.717) is 29.3 Å². The van der Waals surface area contributed by atoms with Crippen molar-refractivity contribution in [1.29, 1.82) is 0 Å². The number of piperidine rings is 1. The molecule has 1 fully saturated rings. The van der Waals surface area contributed by atoms with E-state index >= 15 is 0 Å². The van der Waals surface area contributed by atoms with Crippen molar-refractivity contribution >= 4 is 17.5 Å². The lowest BCUT2D eigenvalue weighted by Gasteiger charge is -2.32. The van der Waals surface area contributed by atoms with Crippen molar-refractivity contribution in [3.8, 4) is 5.75 Å². The predicted molar refractivity (Wildman–Crippen MR) is 124 cm³/mol. The van der Waals surface area contributed by atoms with Gasteiger partial charge in [-0.15, -0.1) is 0 Å². The summed E-state index contributed by atoms with van der Waals surface area (Å²) >= 11 is 0. The van der Waals surface area contributed by atoms with Gasteiger partial charge < -0.3 is 15.0 Å². The van der Waals surface area contributed by atoms with Crippen molar-refractivity contribution in [3.05, 3.63) is 77.6 Å². The van der Waals surface area contributed by atoms with Crippen LogP contribution in [0, 0.1) is 6.92 Å². The molecular formula is C25H27N5O3. The quantitative estimate of drug-likeness (QED) is 0.625.